The van der Waals surface area contributed by atoms with Crippen LogP contribution in [0.3, 0.4) is 0 Å². The number of hydrazone groups is 1. The van der Waals surface area contributed by atoms with Crippen LogP contribution in [0.1, 0.15) is 31.8 Å². The third-order valence-electron chi connectivity index (χ3n) is 3.45. The second-order valence-electron chi connectivity index (χ2n) is 4.73. The molecule has 6 nitrogen and oxygen atoms in total. The van der Waals surface area contributed by atoms with Gasteiger partial charge in [0.15, 0.2) is 11.6 Å². The first-order chi connectivity index (χ1) is 11.2. The summed E-state index contributed by atoms with van der Waals surface area (Å²) in [5.74, 6) is -0.549. The fourth-order valence-corrected chi connectivity index (χ4v) is 2.43. The van der Waals surface area contributed by atoms with Crippen molar-refractivity contribution in [3.8, 4) is 12.1 Å². The summed E-state index contributed by atoms with van der Waals surface area (Å²) < 4.78 is 0. The zero-order chi connectivity index (χ0) is 16.4. The van der Waals surface area contributed by atoms with Gasteiger partial charge in [-0.25, -0.2) is 0 Å². The molecule has 0 saturated heterocycles. The molecule has 0 aliphatic heterocycles. The molecular formula is C17H8N4O2. The number of ketones is 2. The van der Waals surface area contributed by atoms with Gasteiger partial charge < -0.3 is 0 Å². The first kappa shape index (κ1) is 14.2. The molecule has 0 spiro atoms. The Morgan fingerprint density at radius 1 is 0.870 bits per heavy atom. The van der Waals surface area contributed by atoms with Crippen LogP contribution in [0.25, 0.3) is 0 Å². The topological polar surface area (TPSA) is 106 Å². The summed E-state index contributed by atoms with van der Waals surface area (Å²) in [5.41, 5.74) is 3.57. The fraction of sp³-hybridized carbons (Fsp3) is 0. The van der Waals surface area contributed by atoms with Crippen molar-refractivity contribution >= 4 is 23.0 Å². The minimum absolute atomic E-state index is 0.190. The normalized spacial score (nSPS) is 11.6. The van der Waals surface area contributed by atoms with Crippen molar-refractivity contribution in [1.29, 1.82) is 10.5 Å². The van der Waals surface area contributed by atoms with Crippen LogP contribution >= 0.6 is 0 Å². The van der Waals surface area contributed by atoms with Crippen molar-refractivity contribution < 1.29 is 9.59 Å². The summed E-state index contributed by atoms with van der Waals surface area (Å²) in [5, 5.41) is 21.0. The summed E-state index contributed by atoms with van der Waals surface area (Å²) in [6, 6.07) is 14.6. The molecule has 6 heteroatoms. The van der Waals surface area contributed by atoms with Gasteiger partial charge in [0.1, 0.15) is 12.1 Å². The SMILES string of the molecule is N#CC(C#N)=NNc1cccc2c1C(=O)c1ccccc1C2=O. The van der Waals surface area contributed by atoms with Gasteiger partial charge in [-0.2, -0.15) is 15.6 Å². The lowest BCUT2D eigenvalue weighted by Crippen LogP contribution is -2.22. The predicted octanol–water partition coefficient (Wildman–Crippen LogP) is 2.28. The van der Waals surface area contributed by atoms with E-state index in [-0.39, 0.29) is 34.1 Å². The molecule has 3 rings (SSSR count). The minimum atomic E-state index is -0.377. The number of hydrogen-bond donors (Lipinski definition) is 1. The van der Waals surface area contributed by atoms with Gasteiger partial charge in [-0.05, 0) is 6.07 Å². The Hall–Kier alpha value is -3.77. The Bertz CT molecular complexity index is 945. The summed E-state index contributed by atoms with van der Waals surface area (Å²) in [6.07, 6.45) is 0. The quantitative estimate of drug-likeness (QED) is 0.577. The van der Waals surface area contributed by atoms with Gasteiger partial charge in [0.25, 0.3) is 0 Å². The van der Waals surface area contributed by atoms with Crippen molar-refractivity contribution in [3.05, 3.63) is 64.7 Å². The van der Waals surface area contributed by atoms with Crippen LogP contribution in [0.2, 0.25) is 0 Å². The van der Waals surface area contributed by atoms with Crippen LogP contribution in [-0.4, -0.2) is 17.3 Å². The average molecular weight is 300 g/mol. The smallest absolute Gasteiger partial charge is 0.237 e. The number of fused-ring (bicyclic) bond motifs is 2. The number of rotatable bonds is 2. The van der Waals surface area contributed by atoms with Crippen molar-refractivity contribution in [2.45, 2.75) is 0 Å². The number of nitriles is 2. The molecule has 0 saturated carbocycles. The van der Waals surface area contributed by atoms with E-state index in [0.29, 0.717) is 11.1 Å². The van der Waals surface area contributed by atoms with E-state index in [4.69, 9.17) is 10.5 Å². The Morgan fingerprint density at radius 2 is 1.48 bits per heavy atom. The summed E-state index contributed by atoms with van der Waals surface area (Å²) in [6.45, 7) is 0. The zero-order valence-electron chi connectivity index (χ0n) is 11.7. The molecular weight excluding hydrogens is 292 g/mol. The number of hydrogen-bond acceptors (Lipinski definition) is 6. The van der Waals surface area contributed by atoms with E-state index in [0.717, 1.165) is 0 Å². The summed E-state index contributed by atoms with van der Waals surface area (Å²) >= 11 is 0. The lowest BCUT2D eigenvalue weighted by atomic mass is 9.83. The van der Waals surface area contributed by atoms with Gasteiger partial charge in [0.05, 0.1) is 11.3 Å². The third kappa shape index (κ3) is 2.25. The highest BCUT2D eigenvalue weighted by atomic mass is 16.1. The molecule has 0 atom stereocenters. The van der Waals surface area contributed by atoms with E-state index >= 15 is 0 Å². The van der Waals surface area contributed by atoms with Crippen molar-refractivity contribution in [1.82, 2.24) is 0 Å². The second kappa shape index (κ2) is 5.55. The Labute approximate surface area is 131 Å². The Balaban J connectivity index is 2.14. The molecule has 2 aromatic rings. The molecule has 23 heavy (non-hydrogen) atoms. The molecule has 0 heterocycles. The standard InChI is InChI=1S/C17H8N4O2/c18-8-10(9-19)20-21-14-7-3-6-13-15(14)17(23)12-5-2-1-4-11(12)16(13)22/h1-7,21H. The molecule has 0 radical (unpaired) electrons. The van der Waals surface area contributed by atoms with Crippen LogP contribution < -0.4 is 5.43 Å². The van der Waals surface area contributed by atoms with Crippen molar-refractivity contribution in [2.24, 2.45) is 5.10 Å². The highest BCUT2D eigenvalue weighted by Gasteiger charge is 2.31. The number of carbonyl (C=O) groups is 2. The second-order valence-corrected chi connectivity index (χ2v) is 4.73. The van der Waals surface area contributed by atoms with Gasteiger partial charge >= 0.3 is 0 Å². The lowest BCUT2D eigenvalue weighted by Gasteiger charge is -2.19. The zero-order valence-corrected chi connectivity index (χ0v) is 11.7. The predicted molar refractivity (Wildman–Crippen MR) is 82.0 cm³/mol. The molecule has 1 N–H and O–H groups in total. The van der Waals surface area contributed by atoms with Crippen LogP contribution in [0.4, 0.5) is 5.69 Å². The molecule has 1 aliphatic rings. The molecule has 0 bridgehead atoms. The Morgan fingerprint density at radius 3 is 2.13 bits per heavy atom. The third-order valence-corrected chi connectivity index (χ3v) is 3.45. The maximum Gasteiger partial charge on any atom is 0.237 e. The van der Waals surface area contributed by atoms with Crippen molar-refractivity contribution in [2.75, 3.05) is 5.43 Å². The Kier molecular flexibility index (Phi) is 3.42. The molecule has 108 valence electrons. The van der Waals surface area contributed by atoms with E-state index in [1.807, 2.05) is 0 Å². The molecule has 2 aromatic carbocycles. The first-order valence-corrected chi connectivity index (χ1v) is 6.62. The van der Waals surface area contributed by atoms with Crippen LogP contribution in [-0.2, 0) is 0 Å². The number of nitrogens with zero attached hydrogens (tertiary/aromatic N) is 3. The van der Waals surface area contributed by atoms with E-state index in [1.165, 1.54) is 0 Å². The van der Waals surface area contributed by atoms with Gasteiger partial charge in [-0.15, -0.1) is 0 Å². The molecule has 0 fully saturated rings. The maximum atomic E-state index is 12.7. The molecule has 1 aliphatic carbocycles. The first-order valence-electron chi connectivity index (χ1n) is 6.62. The lowest BCUT2D eigenvalue weighted by molar-refractivity contribution is 0.0979. The monoisotopic (exact) mass is 300 g/mol. The van der Waals surface area contributed by atoms with Gasteiger partial charge in [-0.3, -0.25) is 15.0 Å². The van der Waals surface area contributed by atoms with Crippen LogP contribution in [0, 0.1) is 22.7 Å². The van der Waals surface area contributed by atoms with E-state index in [9.17, 15) is 9.59 Å². The molecule has 0 aromatic heterocycles. The summed E-state index contributed by atoms with van der Waals surface area (Å²) in [4.78, 5) is 25.2. The number of benzene rings is 2. The van der Waals surface area contributed by atoms with Gasteiger partial charge in [0, 0.05) is 16.7 Å². The maximum absolute atomic E-state index is 12.7. The average Bonchev–Trinajstić information content (AvgIpc) is 2.60. The highest BCUT2D eigenvalue weighted by Crippen LogP contribution is 2.31. The number of nitrogens with one attached hydrogen (secondary N) is 1. The highest BCUT2D eigenvalue weighted by molar-refractivity contribution is 6.30. The minimum Gasteiger partial charge on any atom is -0.289 e. The molecule has 0 amide bonds. The van der Waals surface area contributed by atoms with Crippen LogP contribution in [0.15, 0.2) is 47.6 Å². The van der Waals surface area contributed by atoms with Gasteiger partial charge in [-0.1, -0.05) is 36.4 Å². The van der Waals surface area contributed by atoms with E-state index in [1.54, 1.807) is 54.6 Å². The summed E-state index contributed by atoms with van der Waals surface area (Å²) in [7, 11) is 0. The number of anilines is 1. The van der Waals surface area contributed by atoms with E-state index < -0.39 is 0 Å². The fourth-order valence-electron chi connectivity index (χ4n) is 2.43. The largest absolute Gasteiger partial charge is 0.289 e. The molecule has 0 unspecified atom stereocenters. The van der Waals surface area contributed by atoms with Crippen LogP contribution in [0.5, 0.6) is 0 Å². The van der Waals surface area contributed by atoms with E-state index in [2.05, 4.69) is 10.5 Å². The van der Waals surface area contributed by atoms with Crippen molar-refractivity contribution in [3.63, 3.8) is 0 Å². The number of carbonyl (C=O) groups excluding carboxylic acids is 2. The van der Waals surface area contributed by atoms with Gasteiger partial charge in [0.2, 0.25) is 5.71 Å².